The molecule has 0 aliphatic heterocycles. The first kappa shape index (κ1) is 40.2. The van der Waals surface area contributed by atoms with E-state index in [-0.39, 0.29) is 47.1 Å². The van der Waals surface area contributed by atoms with Gasteiger partial charge in [0.1, 0.15) is 6.61 Å². The van der Waals surface area contributed by atoms with Crippen molar-refractivity contribution in [3.05, 3.63) is 35.5 Å². The molecule has 6 rings (SSSR count). The molecular weight excluding hydrogens is 748 g/mol. The summed E-state index contributed by atoms with van der Waals surface area (Å²) < 4.78 is 139. The Morgan fingerprint density at radius 1 is 0.885 bits per heavy atom. The molecule has 2 aromatic rings. The van der Waals surface area contributed by atoms with E-state index in [4.69, 9.17) is 18.9 Å². The molecule has 4 saturated carbocycles. The molecule has 0 saturated heterocycles. The minimum atomic E-state index is -6.19. The van der Waals surface area contributed by atoms with Crippen LogP contribution in [-0.4, -0.2) is 89.5 Å². The Balaban J connectivity index is 1.07. The standard InChI is InChI=1S/C32H39F6N3O9S2/c1-19-27(51-28(39-19)40-20(2)42)52(44,45)41-25-5-3-24(4-6-25)30(31(33,34)35,32(36,37)38)50-26(43)18-48-10-9-46-7-8-47-11-12-49-29-15-21-13-22(16-29)23(14-21)17-29/h3-6,21-23,41H,7-18H2,1-2H3,(H,39,40,42). The van der Waals surface area contributed by atoms with Gasteiger partial charge in [0.25, 0.3) is 10.0 Å². The first-order chi connectivity index (χ1) is 24.3. The summed E-state index contributed by atoms with van der Waals surface area (Å²) in [5, 5.41) is 2.27. The largest absolute Gasteiger partial charge is 0.442 e. The Morgan fingerprint density at radius 2 is 1.44 bits per heavy atom. The fourth-order valence-corrected chi connectivity index (χ4v) is 10.0. The maximum absolute atomic E-state index is 14.2. The van der Waals surface area contributed by atoms with Crippen molar-refractivity contribution in [2.45, 2.75) is 73.7 Å². The lowest BCUT2D eigenvalue weighted by atomic mass is 9.78. The molecular formula is C32H39F6N3O9S2. The van der Waals surface area contributed by atoms with Gasteiger partial charge >= 0.3 is 23.9 Å². The molecule has 4 fully saturated rings. The van der Waals surface area contributed by atoms with Crippen LogP contribution in [0.15, 0.2) is 28.5 Å². The number of amides is 1. The molecule has 2 N–H and O–H groups in total. The predicted molar refractivity (Wildman–Crippen MR) is 173 cm³/mol. The maximum atomic E-state index is 14.2. The van der Waals surface area contributed by atoms with Gasteiger partial charge in [-0.25, -0.2) is 18.2 Å². The van der Waals surface area contributed by atoms with E-state index in [0.29, 0.717) is 48.8 Å². The van der Waals surface area contributed by atoms with Crippen LogP contribution in [0.1, 0.15) is 50.3 Å². The highest BCUT2D eigenvalue weighted by Gasteiger charge is 2.75. The molecule has 0 radical (unpaired) electrons. The fourth-order valence-electron chi connectivity index (χ4n) is 7.50. The van der Waals surface area contributed by atoms with Crippen LogP contribution in [0.5, 0.6) is 0 Å². The van der Waals surface area contributed by atoms with E-state index in [9.17, 15) is 44.3 Å². The van der Waals surface area contributed by atoms with Crippen LogP contribution < -0.4 is 10.0 Å². The SMILES string of the molecule is CC(=O)Nc1nc(C)c(S(=O)(=O)Nc2ccc(C(OC(=O)COCCOCCOCCOC34CC5CC(C3)C(C5)C4)(C(F)(F)F)C(F)(F)F)cc2)s1. The highest BCUT2D eigenvalue weighted by molar-refractivity contribution is 7.94. The number of anilines is 2. The molecule has 4 bridgehead atoms. The number of aromatic nitrogens is 1. The van der Waals surface area contributed by atoms with Crippen molar-refractivity contribution in [3.63, 3.8) is 0 Å². The van der Waals surface area contributed by atoms with Crippen LogP contribution in [0.2, 0.25) is 0 Å². The number of halogens is 6. The zero-order valence-corrected chi connectivity index (χ0v) is 29.9. The van der Waals surface area contributed by atoms with Gasteiger partial charge in [0.05, 0.1) is 50.9 Å². The average molecular weight is 788 g/mol. The number of benzene rings is 1. The zero-order valence-electron chi connectivity index (χ0n) is 28.2. The Bertz CT molecular complexity index is 1650. The molecule has 2 unspecified atom stereocenters. The third kappa shape index (κ3) is 9.00. The number of carbonyl (C=O) groups is 2. The van der Waals surface area contributed by atoms with E-state index in [0.717, 1.165) is 37.0 Å². The zero-order chi connectivity index (χ0) is 38.0. The quantitative estimate of drug-likeness (QED) is 0.109. The van der Waals surface area contributed by atoms with Gasteiger partial charge in [-0.05, 0) is 68.9 Å². The molecule has 52 heavy (non-hydrogen) atoms. The van der Waals surface area contributed by atoms with Gasteiger partial charge in [0.15, 0.2) is 9.34 Å². The van der Waals surface area contributed by atoms with Gasteiger partial charge < -0.3 is 29.0 Å². The van der Waals surface area contributed by atoms with Crippen molar-refractivity contribution < 1.29 is 68.0 Å². The first-order valence-electron chi connectivity index (χ1n) is 16.4. The molecule has 1 amide bonds. The van der Waals surface area contributed by atoms with Crippen LogP contribution in [-0.2, 0) is 48.9 Å². The normalized spacial score (nSPS) is 22.9. The lowest BCUT2D eigenvalue weighted by Crippen LogP contribution is -2.57. The van der Waals surface area contributed by atoms with E-state index < -0.39 is 57.7 Å². The summed E-state index contributed by atoms with van der Waals surface area (Å²) in [6, 6.07) is 1.95. The maximum Gasteiger partial charge on any atom is 0.442 e. The van der Waals surface area contributed by atoms with Crippen molar-refractivity contribution >= 4 is 44.1 Å². The minimum Gasteiger partial charge on any atom is -0.433 e. The Kier molecular flexibility index (Phi) is 12.2. The molecule has 12 nitrogen and oxygen atoms in total. The highest BCUT2D eigenvalue weighted by Crippen LogP contribution is 2.61. The van der Waals surface area contributed by atoms with Gasteiger partial charge in [0.2, 0.25) is 5.91 Å². The second-order valence-electron chi connectivity index (χ2n) is 13.2. The predicted octanol–water partition coefficient (Wildman–Crippen LogP) is 5.72. The Hall–Kier alpha value is -3.04. The van der Waals surface area contributed by atoms with E-state index >= 15 is 0 Å². The third-order valence-corrected chi connectivity index (χ3v) is 12.4. The Morgan fingerprint density at radius 3 is 1.98 bits per heavy atom. The monoisotopic (exact) mass is 787 g/mol. The first-order valence-corrected chi connectivity index (χ1v) is 18.7. The number of aryl methyl sites for hydroxylation is 1. The van der Waals surface area contributed by atoms with Crippen molar-refractivity contribution in [1.82, 2.24) is 4.98 Å². The summed E-state index contributed by atoms with van der Waals surface area (Å²) in [5.41, 5.74) is -7.08. The summed E-state index contributed by atoms with van der Waals surface area (Å²) in [7, 11) is -4.43. The van der Waals surface area contributed by atoms with Crippen molar-refractivity contribution in [3.8, 4) is 0 Å². The van der Waals surface area contributed by atoms with E-state index in [1.165, 1.54) is 26.7 Å². The fraction of sp³-hybridized carbons (Fsp3) is 0.656. The molecule has 1 heterocycles. The smallest absolute Gasteiger partial charge is 0.433 e. The summed E-state index contributed by atoms with van der Waals surface area (Å²) in [5.74, 6) is -0.123. The van der Waals surface area contributed by atoms with Crippen LogP contribution in [0, 0.1) is 24.7 Å². The second kappa shape index (κ2) is 15.7. The van der Waals surface area contributed by atoms with Gasteiger partial charge in [-0.1, -0.05) is 23.5 Å². The summed E-state index contributed by atoms with van der Waals surface area (Å²) >= 11 is 0.579. The van der Waals surface area contributed by atoms with Crippen LogP contribution in [0.3, 0.4) is 0 Å². The van der Waals surface area contributed by atoms with Crippen molar-refractivity contribution in [2.24, 2.45) is 17.8 Å². The summed E-state index contributed by atoms with van der Waals surface area (Å²) in [6.07, 6.45) is -6.38. The number of carbonyl (C=O) groups excluding carboxylic acids is 2. The summed E-state index contributed by atoms with van der Waals surface area (Å²) in [4.78, 5) is 27.5. The molecule has 0 spiro atoms. The average Bonchev–Trinajstić information content (AvgIpc) is 3.62. The van der Waals surface area contributed by atoms with E-state index in [2.05, 4.69) is 15.0 Å². The second-order valence-corrected chi connectivity index (χ2v) is 16.1. The molecule has 1 aromatic carbocycles. The number of ether oxygens (including phenoxy) is 5. The number of rotatable bonds is 18. The van der Waals surface area contributed by atoms with Crippen molar-refractivity contribution in [1.29, 1.82) is 0 Å². The molecule has 20 heteroatoms. The van der Waals surface area contributed by atoms with Gasteiger partial charge in [-0.3, -0.25) is 9.52 Å². The molecule has 4 aliphatic carbocycles. The molecule has 1 aromatic heterocycles. The highest BCUT2D eigenvalue weighted by atomic mass is 32.2. The Labute approximate surface area is 299 Å². The number of nitrogens with one attached hydrogen (secondary N) is 2. The number of esters is 1. The van der Waals surface area contributed by atoms with E-state index in [1.54, 1.807) is 0 Å². The number of hydrogen-bond donors (Lipinski definition) is 2. The lowest BCUT2D eigenvalue weighted by Gasteiger charge is -2.38. The molecule has 4 aliphatic rings. The summed E-state index contributed by atoms with van der Waals surface area (Å²) in [6.45, 7) is 1.97. The van der Waals surface area contributed by atoms with Crippen LogP contribution in [0.25, 0.3) is 0 Å². The van der Waals surface area contributed by atoms with Crippen molar-refractivity contribution in [2.75, 3.05) is 56.3 Å². The van der Waals surface area contributed by atoms with E-state index in [1.807, 2.05) is 4.72 Å². The minimum absolute atomic E-state index is 0.00705. The lowest BCUT2D eigenvalue weighted by molar-refractivity contribution is -0.378. The van der Waals surface area contributed by atoms with Crippen LogP contribution in [0.4, 0.5) is 37.2 Å². The van der Waals surface area contributed by atoms with Gasteiger partial charge in [-0.15, -0.1) is 0 Å². The number of alkyl halides is 6. The third-order valence-electron chi connectivity index (χ3n) is 9.36. The van der Waals surface area contributed by atoms with Crippen LogP contribution >= 0.6 is 11.3 Å². The van der Waals surface area contributed by atoms with Gasteiger partial charge in [-0.2, -0.15) is 26.3 Å². The number of sulfonamides is 1. The topological polar surface area (TPSA) is 151 Å². The number of hydrogen-bond acceptors (Lipinski definition) is 11. The number of nitrogens with zero attached hydrogens (tertiary/aromatic N) is 1. The number of thiazole rings is 1. The van der Waals surface area contributed by atoms with Gasteiger partial charge in [0, 0.05) is 18.2 Å². The molecule has 2 atom stereocenters. The molecule has 290 valence electrons.